The van der Waals surface area contributed by atoms with Gasteiger partial charge in [-0.05, 0) is 83.2 Å². The summed E-state index contributed by atoms with van der Waals surface area (Å²) < 4.78 is 0. The van der Waals surface area contributed by atoms with Gasteiger partial charge < -0.3 is 0 Å². The number of benzene rings is 9. The van der Waals surface area contributed by atoms with Crippen molar-refractivity contribution in [2.24, 2.45) is 0 Å². The van der Waals surface area contributed by atoms with Crippen molar-refractivity contribution in [1.82, 2.24) is 15.0 Å². The van der Waals surface area contributed by atoms with Gasteiger partial charge in [0.05, 0.1) is 0 Å². The molecule has 0 fully saturated rings. The molecule has 0 saturated carbocycles. The minimum Gasteiger partial charge on any atom is -0.208 e. The van der Waals surface area contributed by atoms with Crippen LogP contribution in [-0.2, 0) is 5.41 Å². The van der Waals surface area contributed by atoms with Crippen LogP contribution in [0.3, 0.4) is 0 Å². The van der Waals surface area contributed by atoms with Crippen LogP contribution in [0.1, 0.15) is 25.0 Å². The molecule has 59 heavy (non-hydrogen) atoms. The van der Waals surface area contributed by atoms with E-state index in [2.05, 4.69) is 178 Å². The molecule has 0 bridgehead atoms. The van der Waals surface area contributed by atoms with Gasteiger partial charge in [0.2, 0.25) is 0 Å². The summed E-state index contributed by atoms with van der Waals surface area (Å²) in [7, 11) is 0. The van der Waals surface area contributed by atoms with E-state index < -0.39 is 0 Å². The molecule has 0 spiro atoms. The average molecular weight is 754 g/mol. The summed E-state index contributed by atoms with van der Waals surface area (Å²) in [5, 5.41) is 5.05. The summed E-state index contributed by atoms with van der Waals surface area (Å²) in [5.74, 6) is 1.93. The Bertz CT molecular complexity index is 3200. The van der Waals surface area contributed by atoms with Crippen LogP contribution in [0.25, 0.3) is 100 Å². The first-order valence-electron chi connectivity index (χ1n) is 20.3. The predicted molar refractivity (Wildman–Crippen MR) is 245 cm³/mol. The number of hydrogen-bond donors (Lipinski definition) is 0. The first-order valence-corrected chi connectivity index (χ1v) is 20.3. The van der Waals surface area contributed by atoms with E-state index in [1.54, 1.807) is 0 Å². The van der Waals surface area contributed by atoms with E-state index >= 15 is 0 Å². The third-order valence-electron chi connectivity index (χ3n) is 12.1. The summed E-state index contributed by atoms with van der Waals surface area (Å²) in [5.41, 5.74) is 15.4. The molecular weight excluding hydrogens is 715 g/mol. The van der Waals surface area contributed by atoms with Gasteiger partial charge in [-0.3, -0.25) is 0 Å². The molecule has 0 unspecified atom stereocenters. The summed E-state index contributed by atoms with van der Waals surface area (Å²) >= 11 is 0. The summed E-state index contributed by atoms with van der Waals surface area (Å²) in [6.07, 6.45) is 0. The van der Waals surface area contributed by atoms with Crippen LogP contribution in [0.5, 0.6) is 0 Å². The predicted octanol–water partition coefficient (Wildman–Crippen LogP) is 14.5. The highest BCUT2D eigenvalue weighted by molar-refractivity contribution is 6.07. The van der Waals surface area contributed by atoms with Crippen molar-refractivity contribution < 1.29 is 0 Å². The van der Waals surface area contributed by atoms with E-state index in [4.69, 9.17) is 15.0 Å². The molecule has 0 radical (unpaired) electrons. The number of fused-ring (bicyclic) bond motifs is 6. The van der Waals surface area contributed by atoms with Crippen molar-refractivity contribution in [2.75, 3.05) is 0 Å². The van der Waals surface area contributed by atoms with Gasteiger partial charge in [-0.15, -0.1) is 0 Å². The zero-order chi connectivity index (χ0) is 39.5. The van der Waals surface area contributed by atoms with Crippen molar-refractivity contribution >= 4 is 21.5 Å². The van der Waals surface area contributed by atoms with Gasteiger partial charge in [0.25, 0.3) is 0 Å². The number of rotatable bonds is 6. The fraction of sp³-hybridized carbons (Fsp3) is 0.0536. The highest BCUT2D eigenvalue weighted by Gasteiger charge is 2.36. The Morgan fingerprint density at radius 2 is 0.746 bits per heavy atom. The summed E-state index contributed by atoms with van der Waals surface area (Å²) in [4.78, 5) is 15.0. The van der Waals surface area contributed by atoms with Gasteiger partial charge in [0.1, 0.15) is 0 Å². The molecule has 0 amide bonds. The maximum atomic E-state index is 5.04. The van der Waals surface area contributed by atoms with Gasteiger partial charge in [0, 0.05) is 22.1 Å². The van der Waals surface area contributed by atoms with Crippen LogP contribution in [0.2, 0.25) is 0 Å². The van der Waals surface area contributed by atoms with Crippen LogP contribution in [0, 0.1) is 0 Å². The van der Waals surface area contributed by atoms with E-state index in [1.807, 2.05) is 36.4 Å². The molecule has 9 aromatic carbocycles. The normalized spacial score (nSPS) is 12.7. The van der Waals surface area contributed by atoms with E-state index in [1.165, 1.54) is 66.1 Å². The monoisotopic (exact) mass is 753 g/mol. The number of aromatic nitrogens is 3. The van der Waals surface area contributed by atoms with Crippen molar-refractivity contribution in [3.05, 3.63) is 211 Å². The minimum absolute atomic E-state index is 0.0536. The third kappa shape index (κ3) is 5.94. The van der Waals surface area contributed by atoms with Crippen molar-refractivity contribution in [3.8, 4) is 78.7 Å². The molecule has 0 saturated heterocycles. The van der Waals surface area contributed by atoms with Crippen molar-refractivity contribution in [2.45, 2.75) is 19.3 Å². The van der Waals surface area contributed by atoms with E-state index in [0.717, 1.165) is 27.8 Å². The van der Waals surface area contributed by atoms with E-state index in [0.29, 0.717) is 17.5 Å². The Hall–Kier alpha value is -7.49. The van der Waals surface area contributed by atoms with Crippen molar-refractivity contribution in [1.29, 1.82) is 0 Å². The lowest BCUT2D eigenvalue weighted by atomic mass is 9.80. The van der Waals surface area contributed by atoms with E-state index in [9.17, 15) is 0 Å². The fourth-order valence-electron chi connectivity index (χ4n) is 9.19. The molecule has 1 aliphatic rings. The molecule has 3 nitrogen and oxygen atoms in total. The smallest absolute Gasteiger partial charge is 0.164 e. The summed E-state index contributed by atoms with van der Waals surface area (Å²) in [6.45, 7) is 4.72. The van der Waals surface area contributed by atoms with E-state index in [-0.39, 0.29) is 5.41 Å². The molecule has 0 N–H and O–H groups in total. The number of hydrogen-bond acceptors (Lipinski definition) is 3. The van der Waals surface area contributed by atoms with Crippen LogP contribution < -0.4 is 0 Å². The molecule has 10 aromatic rings. The SMILES string of the molecule is CC1(C)c2ccccc2-c2ccc3cc(-c4ccc(-c5ccc(-c6nc(-c7ccccc7)nc(-c7ccc(-c8ccccc8)cc7)n6)cc5)c5ccccc45)ccc3c21. The Kier molecular flexibility index (Phi) is 8.16. The lowest BCUT2D eigenvalue weighted by Gasteiger charge is -2.23. The zero-order valence-corrected chi connectivity index (χ0v) is 32.9. The molecule has 0 atom stereocenters. The first-order chi connectivity index (χ1) is 29.0. The Balaban J connectivity index is 0.948. The maximum Gasteiger partial charge on any atom is 0.164 e. The topological polar surface area (TPSA) is 38.7 Å². The maximum absolute atomic E-state index is 5.04. The van der Waals surface area contributed by atoms with Crippen LogP contribution in [0.15, 0.2) is 200 Å². The molecule has 0 aliphatic heterocycles. The largest absolute Gasteiger partial charge is 0.208 e. The molecule has 1 aromatic heterocycles. The van der Waals surface area contributed by atoms with Gasteiger partial charge >= 0.3 is 0 Å². The zero-order valence-electron chi connectivity index (χ0n) is 32.9. The van der Waals surface area contributed by atoms with Gasteiger partial charge in [-0.1, -0.05) is 208 Å². The quantitative estimate of drug-likeness (QED) is 0.170. The van der Waals surface area contributed by atoms with Crippen LogP contribution in [0.4, 0.5) is 0 Å². The Morgan fingerprint density at radius 3 is 1.37 bits per heavy atom. The molecule has 1 aliphatic carbocycles. The minimum atomic E-state index is -0.0536. The lowest BCUT2D eigenvalue weighted by Crippen LogP contribution is -2.15. The average Bonchev–Trinajstić information content (AvgIpc) is 3.55. The second kappa shape index (κ2) is 13.9. The first kappa shape index (κ1) is 34.7. The molecule has 278 valence electrons. The Morgan fingerprint density at radius 1 is 0.305 bits per heavy atom. The van der Waals surface area contributed by atoms with Crippen LogP contribution >= 0.6 is 0 Å². The number of nitrogens with zero attached hydrogens (tertiary/aromatic N) is 3. The molecule has 3 heteroatoms. The second-order valence-corrected chi connectivity index (χ2v) is 16.0. The molecule has 1 heterocycles. The fourth-order valence-corrected chi connectivity index (χ4v) is 9.19. The molecular formula is C56H39N3. The van der Waals surface area contributed by atoms with Crippen LogP contribution in [-0.4, -0.2) is 15.0 Å². The molecule has 11 rings (SSSR count). The van der Waals surface area contributed by atoms with Gasteiger partial charge in [-0.2, -0.15) is 0 Å². The lowest BCUT2D eigenvalue weighted by molar-refractivity contribution is 0.666. The van der Waals surface area contributed by atoms with Crippen molar-refractivity contribution in [3.63, 3.8) is 0 Å². The summed E-state index contributed by atoms with van der Waals surface area (Å²) in [6, 6.07) is 71.5. The highest BCUT2D eigenvalue weighted by atomic mass is 15.0. The second-order valence-electron chi connectivity index (χ2n) is 16.0. The Labute approximate surface area is 344 Å². The van der Waals surface area contributed by atoms with Gasteiger partial charge in [-0.25, -0.2) is 15.0 Å². The highest BCUT2D eigenvalue weighted by Crippen LogP contribution is 2.51. The van der Waals surface area contributed by atoms with Gasteiger partial charge in [0.15, 0.2) is 17.5 Å². The third-order valence-corrected chi connectivity index (χ3v) is 12.1. The standard InChI is InChI=1S/C56H39N3/c1-56(2)51-20-12-11-19-49(51)50-32-30-43-35-42(29-31-46(43)52(50)56)45-34-33-44(47-17-9-10-18-48(45)47)38-23-27-41(28-24-38)55-58-53(39-15-7-4-8-16-39)57-54(59-55)40-25-21-37(22-26-40)36-13-5-3-6-14-36/h3-35H,1-2H3.